The Morgan fingerprint density at radius 2 is 1.23 bits per heavy atom. The van der Waals surface area contributed by atoms with Gasteiger partial charge in [-0.05, 0) is 56.8 Å². The SMILES string of the molecule is CCC[NH+]1CCC(C2CC[NH+](CC3CCCCC3)CC2)CC1. The molecule has 2 N–H and O–H groups in total. The molecule has 0 bridgehead atoms. The van der Waals surface area contributed by atoms with E-state index in [1.807, 2.05) is 9.80 Å². The highest BCUT2D eigenvalue weighted by Gasteiger charge is 2.33. The van der Waals surface area contributed by atoms with E-state index < -0.39 is 0 Å². The monoisotopic (exact) mass is 308 g/mol. The molecule has 2 aliphatic heterocycles. The molecule has 0 aromatic carbocycles. The lowest BCUT2D eigenvalue weighted by atomic mass is 9.78. The lowest BCUT2D eigenvalue weighted by Crippen LogP contribution is -3.14. The molecule has 1 saturated carbocycles. The van der Waals surface area contributed by atoms with Gasteiger partial charge in [-0.15, -0.1) is 0 Å². The predicted octanol–water partition coefficient (Wildman–Crippen LogP) is 1.57. The Labute approximate surface area is 138 Å². The van der Waals surface area contributed by atoms with E-state index in [1.54, 1.807) is 0 Å². The number of likely N-dealkylation sites (tertiary alicyclic amines) is 2. The van der Waals surface area contributed by atoms with Gasteiger partial charge in [-0.25, -0.2) is 0 Å². The Hall–Kier alpha value is -0.0800. The third kappa shape index (κ3) is 4.71. The van der Waals surface area contributed by atoms with Gasteiger partial charge in [0.05, 0.1) is 39.3 Å². The summed E-state index contributed by atoms with van der Waals surface area (Å²) in [6, 6.07) is 0. The van der Waals surface area contributed by atoms with Crippen molar-refractivity contribution in [1.82, 2.24) is 0 Å². The van der Waals surface area contributed by atoms with Crippen LogP contribution in [0, 0.1) is 17.8 Å². The number of hydrogen-bond donors (Lipinski definition) is 2. The first-order valence-corrected chi connectivity index (χ1v) is 10.5. The molecular weight excluding hydrogens is 268 g/mol. The minimum Gasteiger partial charge on any atom is -0.335 e. The van der Waals surface area contributed by atoms with Gasteiger partial charge in [0.2, 0.25) is 0 Å². The quantitative estimate of drug-likeness (QED) is 0.763. The normalized spacial score (nSPS) is 38.0. The summed E-state index contributed by atoms with van der Waals surface area (Å²) in [5.74, 6) is 3.23. The number of quaternary nitrogens is 2. The zero-order valence-corrected chi connectivity index (χ0v) is 15.0. The van der Waals surface area contributed by atoms with Crippen LogP contribution < -0.4 is 9.80 Å². The first-order chi connectivity index (χ1) is 10.8. The van der Waals surface area contributed by atoms with Gasteiger partial charge in [-0.3, -0.25) is 0 Å². The van der Waals surface area contributed by atoms with E-state index >= 15 is 0 Å². The fourth-order valence-electron chi connectivity index (χ4n) is 5.65. The minimum atomic E-state index is 1.07. The Bertz CT molecular complexity index is 295. The fraction of sp³-hybridized carbons (Fsp3) is 1.00. The van der Waals surface area contributed by atoms with Gasteiger partial charge in [0.15, 0.2) is 0 Å². The molecule has 3 fully saturated rings. The molecule has 2 heterocycles. The van der Waals surface area contributed by atoms with Crippen molar-refractivity contribution in [2.75, 3.05) is 39.3 Å². The zero-order valence-electron chi connectivity index (χ0n) is 15.0. The van der Waals surface area contributed by atoms with Crippen LogP contribution in [0.3, 0.4) is 0 Å². The molecule has 3 rings (SSSR count). The molecule has 0 aromatic heterocycles. The van der Waals surface area contributed by atoms with Gasteiger partial charge in [-0.1, -0.05) is 26.2 Å². The van der Waals surface area contributed by atoms with Gasteiger partial charge < -0.3 is 9.80 Å². The molecule has 0 unspecified atom stereocenters. The van der Waals surface area contributed by atoms with E-state index in [9.17, 15) is 0 Å². The topological polar surface area (TPSA) is 8.88 Å². The van der Waals surface area contributed by atoms with Crippen molar-refractivity contribution in [1.29, 1.82) is 0 Å². The van der Waals surface area contributed by atoms with Crippen LogP contribution in [0.5, 0.6) is 0 Å². The summed E-state index contributed by atoms with van der Waals surface area (Å²) in [7, 11) is 0. The summed E-state index contributed by atoms with van der Waals surface area (Å²) in [5, 5.41) is 0. The Morgan fingerprint density at radius 3 is 1.77 bits per heavy atom. The van der Waals surface area contributed by atoms with Crippen LogP contribution >= 0.6 is 0 Å². The third-order valence-electron chi connectivity index (χ3n) is 7.05. The van der Waals surface area contributed by atoms with Crippen LogP contribution in [0.4, 0.5) is 0 Å². The van der Waals surface area contributed by atoms with E-state index in [2.05, 4.69) is 6.92 Å². The van der Waals surface area contributed by atoms with Crippen LogP contribution in [0.2, 0.25) is 0 Å². The van der Waals surface area contributed by atoms with Gasteiger partial charge >= 0.3 is 0 Å². The van der Waals surface area contributed by atoms with Crippen molar-refractivity contribution >= 4 is 0 Å². The van der Waals surface area contributed by atoms with Crippen molar-refractivity contribution in [2.24, 2.45) is 17.8 Å². The molecule has 2 nitrogen and oxygen atoms in total. The molecule has 2 heteroatoms. The molecular formula is C20H40N2+2. The van der Waals surface area contributed by atoms with Crippen molar-refractivity contribution in [3.05, 3.63) is 0 Å². The highest BCUT2D eigenvalue weighted by molar-refractivity contribution is 4.74. The van der Waals surface area contributed by atoms with E-state index in [1.165, 1.54) is 103 Å². The Kier molecular flexibility index (Phi) is 6.62. The molecule has 3 aliphatic rings. The second-order valence-electron chi connectivity index (χ2n) is 8.63. The summed E-state index contributed by atoms with van der Waals surface area (Å²) in [4.78, 5) is 3.84. The maximum Gasteiger partial charge on any atom is 0.0799 e. The molecule has 0 radical (unpaired) electrons. The van der Waals surface area contributed by atoms with Crippen molar-refractivity contribution in [3.8, 4) is 0 Å². The maximum absolute atomic E-state index is 2.34. The fourth-order valence-corrected chi connectivity index (χ4v) is 5.65. The predicted molar refractivity (Wildman–Crippen MR) is 93.4 cm³/mol. The molecule has 0 amide bonds. The zero-order chi connectivity index (χ0) is 15.2. The molecule has 128 valence electrons. The highest BCUT2D eigenvalue weighted by Crippen LogP contribution is 2.27. The summed E-state index contributed by atoms with van der Waals surface area (Å²) in [5.41, 5.74) is 0. The summed E-state index contributed by atoms with van der Waals surface area (Å²) < 4.78 is 0. The van der Waals surface area contributed by atoms with E-state index in [-0.39, 0.29) is 0 Å². The smallest absolute Gasteiger partial charge is 0.0799 e. The highest BCUT2D eigenvalue weighted by atomic mass is 15.1. The van der Waals surface area contributed by atoms with E-state index in [0.717, 1.165) is 17.8 Å². The van der Waals surface area contributed by atoms with Crippen molar-refractivity contribution in [2.45, 2.75) is 71.1 Å². The van der Waals surface area contributed by atoms with Gasteiger partial charge in [0.25, 0.3) is 0 Å². The molecule has 0 atom stereocenters. The summed E-state index contributed by atoms with van der Waals surface area (Å²) in [6.07, 6.45) is 15.1. The maximum atomic E-state index is 2.34. The van der Waals surface area contributed by atoms with Crippen LogP contribution in [-0.4, -0.2) is 39.3 Å². The number of piperidine rings is 2. The molecule has 22 heavy (non-hydrogen) atoms. The molecule has 0 spiro atoms. The average Bonchev–Trinajstić information content (AvgIpc) is 2.58. The Morgan fingerprint density at radius 1 is 0.682 bits per heavy atom. The second-order valence-corrected chi connectivity index (χ2v) is 8.63. The molecule has 0 aromatic rings. The minimum absolute atomic E-state index is 1.07. The largest absolute Gasteiger partial charge is 0.335 e. The first-order valence-electron chi connectivity index (χ1n) is 10.5. The van der Waals surface area contributed by atoms with Crippen LogP contribution in [0.15, 0.2) is 0 Å². The van der Waals surface area contributed by atoms with E-state index in [0.29, 0.717) is 0 Å². The number of nitrogens with one attached hydrogen (secondary N) is 2. The number of hydrogen-bond acceptors (Lipinski definition) is 0. The van der Waals surface area contributed by atoms with E-state index in [4.69, 9.17) is 0 Å². The lowest BCUT2D eigenvalue weighted by Gasteiger charge is -2.38. The van der Waals surface area contributed by atoms with Gasteiger partial charge in [-0.2, -0.15) is 0 Å². The number of rotatable bonds is 5. The third-order valence-corrected chi connectivity index (χ3v) is 7.05. The van der Waals surface area contributed by atoms with Crippen LogP contribution in [0.25, 0.3) is 0 Å². The molecule has 1 aliphatic carbocycles. The second kappa shape index (κ2) is 8.68. The Balaban J connectivity index is 1.35. The van der Waals surface area contributed by atoms with Crippen LogP contribution in [-0.2, 0) is 0 Å². The molecule has 2 saturated heterocycles. The van der Waals surface area contributed by atoms with Crippen molar-refractivity contribution < 1.29 is 9.80 Å². The van der Waals surface area contributed by atoms with Crippen LogP contribution in [0.1, 0.15) is 71.1 Å². The summed E-state index contributed by atoms with van der Waals surface area (Å²) in [6.45, 7) is 11.2. The average molecular weight is 309 g/mol. The lowest BCUT2D eigenvalue weighted by molar-refractivity contribution is -0.912. The summed E-state index contributed by atoms with van der Waals surface area (Å²) >= 11 is 0. The van der Waals surface area contributed by atoms with Gasteiger partial charge in [0, 0.05) is 5.92 Å². The van der Waals surface area contributed by atoms with Crippen molar-refractivity contribution in [3.63, 3.8) is 0 Å². The standard InChI is InChI=1S/C20H38N2/c1-2-12-21-13-8-19(9-14-21)20-10-15-22(16-11-20)17-18-6-4-3-5-7-18/h18-20H,2-17H2,1H3/p+2. The first kappa shape index (κ1) is 16.8. The van der Waals surface area contributed by atoms with Gasteiger partial charge in [0.1, 0.15) is 0 Å².